The maximum atomic E-state index is 12.2. The van der Waals surface area contributed by atoms with Crippen molar-refractivity contribution in [1.82, 2.24) is 14.6 Å². The first-order chi connectivity index (χ1) is 9.44. The third-order valence-electron chi connectivity index (χ3n) is 2.50. The normalized spacial score (nSPS) is 11.9. The van der Waals surface area contributed by atoms with Crippen molar-refractivity contribution in [3.8, 4) is 0 Å². The zero-order chi connectivity index (χ0) is 14.3. The van der Waals surface area contributed by atoms with Crippen molar-refractivity contribution in [1.29, 1.82) is 0 Å². The standard InChI is InChI=1S/C11H9ClN4O2S2/c1-7-13-10-4-2-8(6-16(10)14-7)15-20(17,18)11-5-3-9(12)19-11/h2-6,15H,1H3. The number of anilines is 1. The van der Waals surface area contributed by atoms with Gasteiger partial charge in [0.2, 0.25) is 0 Å². The van der Waals surface area contributed by atoms with Crippen LogP contribution in [-0.4, -0.2) is 23.0 Å². The number of pyridine rings is 1. The van der Waals surface area contributed by atoms with Crippen LogP contribution in [0.2, 0.25) is 4.34 Å². The Kier molecular flexibility index (Phi) is 3.15. The Bertz CT molecular complexity index is 885. The summed E-state index contributed by atoms with van der Waals surface area (Å²) in [6.07, 6.45) is 1.57. The second kappa shape index (κ2) is 4.72. The number of halogens is 1. The number of sulfonamides is 1. The monoisotopic (exact) mass is 328 g/mol. The minimum absolute atomic E-state index is 0.164. The molecule has 20 heavy (non-hydrogen) atoms. The lowest BCUT2D eigenvalue weighted by Gasteiger charge is -2.05. The molecule has 0 atom stereocenters. The van der Waals surface area contributed by atoms with Gasteiger partial charge in [-0.1, -0.05) is 11.6 Å². The van der Waals surface area contributed by atoms with Gasteiger partial charge in [0.1, 0.15) is 10.0 Å². The molecule has 1 N–H and O–H groups in total. The number of rotatable bonds is 3. The van der Waals surface area contributed by atoms with Crippen LogP contribution >= 0.6 is 22.9 Å². The van der Waals surface area contributed by atoms with Crippen LogP contribution < -0.4 is 4.72 Å². The van der Waals surface area contributed by atoms with Gasteiger partial charge in [-0.05, 0) is 31.2 Å². The van der Waals surface area contributed by atoms with Crippen LogP contribution in [0, 0.1) is 6.92 Å². The van der Waals surface area contributed by atoms with Crippen molar-refractivity contribution in [3.05, 3.63) is 40.6 Å². The molecule has 3 aromatic rings. The Morgan fingerprint density at radius 2 is 2.10 bits per heavy atom. The van der Waals surface area contributed by atoms with Gasteiger partial charge in [0.05, 0.1) is 16.2 Å². The van der Waals surface area contributed by atoms with Crippen LogP contribution in [0.25, 0.3) is 5.65 Å². The number of hydrogen-bond acceptors (Lipinski definition) is 5. The molecular formula is C11H9ClN4O2S2. The first kappa shape index (κ1) is 13.3. The Labute approximate surface area is 124 Å². The molecule has 0 radical (unpaired) electrons. The third-order valence-corrected chi connectivity index (χ3v) is 5.61. The Morgan fingerprint density at radius 3 is 2.80 bits per heavy atom. The smallest absolute Gasteiger partial charge is 0.271 e. The van der Waals surface area contributed by atoms with Crippen molar-refractivity contribution in [3.63, 3.8) is 0 Å². The maximum absolute atomic E-state index is 12.2. The summed E-state index contributed by atoms with van der Waals surface area (Å²) in [5.41, 5.74) is 1.07. The average molecular weight is 329 g/mol. The Morgan fingerprint density at radius 1 is 1.30 bits per heavy atom. The molecule has 9 heteroatoms. The molecule has 0 saturated carbocycles. The molecule has 0 amide bonds. The van der Waals surface area contributed by atoms with E-state index in [1.165, 1.54) is 10.6 Å². The fourth-order valence-corrected chi connectivity index (χ4v) is 4.23. The highest BCUT2D eigenvalue weighted by atomic mass is 35.5. The van der Waals surface area contributed by atoms with Crippen LogP contribution in [0.1, 0.15) is 5.82 Å². The molecule has 0 aliphatic heterocycles. The van der Waals surface area contributed by atoms with Crippen molar-refractivity contribution in [2.24, 2.45) is 0 Å². The Balaban J connectivity index is 1.96. The average Bonchev–Trinajstić information content (AvgIpc) is 2.93. The molecule has 0 bridgehead atoms. The van der Waals surface area contributed by atoms with Gasteiger partial charge in [-0.2, -0.15) is 5.10 Å². The lowest BCUT2D eigenvalue weighted by molar-refractivity contribution is 0.603. The summed E-state index contributed by atoms with van der Waals surface area (Å²) in [6.45, 7) is 1.77. The molecule has 0 aromatic carbocycles. The molecule has 0 unspecified atom stereocenters. The molecule has 0 aliphatic carbocycles. The van der Waals surface area contributed by atoms with Crippen molar-refractivity contribution in [2.75, 3.05) is 4.72 Å². The highest BCUT2D eigenvalue weighted by Crippen LogP contribution is 2.27. The van der Waals surface area contributed by atoms with Gasteiger partial charge >= 0.3 is 0 Å². The van der Waals surface area contributed by atoms with Crippen LogP contribution in [0.3, 0.4) is 0 Å². The maximum Gasteiger partial charge on any atom is 0.271 e. The zero-order valence-electron chi connectivity index (χ0n) is 10.2. The summed E-state index contributed by atoms with van der Waals surface area (Å²) in [4.78, 5) is 4.17. The second-order valence-corrected chi connectivity index (χ2v) is 7.67. The number of hydrogen-bond donors (Lipinski definition) is 1. The molecule has 0 aliphatic rings. The first-order valence-corrected chi connectivity index (χ1v) is 8.23. The Hall–Kier alpha value is -1.64. The quantitative estimate of drug-likeness (QED) is 0.801. The van der Waals surface area contributed by atoms with E-state index in [1.807, 2.05) is 0 Å². The molecule has 3 heterocycles. The van der Waals surface area contributed by atoms with Crippen molar-refractivity contribution >= 4 is 44.3 Å². The minimum Gasteiger partial charge on any atom is -0.277 e. The number of aryl methyl sites for hydroxylation is 1. The zero-order valence-corrected chi connectivity index (χ0v) is 12.6. The van der Waals surface area contributed by atoms with E-state index in [4.69, 9.17) is 11.6 Å². The first-order valence-electron chi connectivity index (χ1n) is 5.55. The number of nitrogens with one attached hydrogen (secondary N) is 1. The van der Waals surface area contributed by atoms with Crippen molar-refractivity contribution < 1.29 is 8.42 Å². The van der Waals surface area contributed by atoms with Gasteiger partial charge in [-0.15, -0.1) is 11.3 Å². The predicted octanol–water partition coefficient (Wildman–Crippen LogP) is 2.55. The largest absolute Gasteiger partial charge is 0.277 e. The fourth-order valence-electron chi connectivity index (χ4n) is 1.70. The van der Waals surface area contributed by atoms with E-state index >= 15 is 0 Å². The predicted molar refractivity (Wildman–Crippen MR) is 77.9 cm³/mol. The lowest BCUT2D eigenvalue weighted by atomic mass is 10.4. The molecule has 0 saturated heterocycles. The van der Waals surface area contributed by atoms with E-state index in [2.05, 4.69) is 14.8 Å². The van der Waals surface area contributed by atoms with Crippen LogP contribution in [0.5, 0.6) is 0 Å². The lowest BCUT2D eigenvalue weighted by Crippen LogP contribution is -2.11. The number of nitrogens with zero attached hydrogens (tertiary/aromatic N) is 3. The molecule has 3 aromatic heterocycles. The van der Waals surface area contributed by atoms with Crippen LogP contribution in [0.4, 0.5) is 5.69 Å². The van der Waals surface area contributed by atoms with Gasteiger partial charge in [0.25, 0.3) is 10.0 Å². The molecule has 6 nitrogen and oxygen atoms in total. The van der Waals surface area contributed by atoms with Crippen molar-refractivity contribution in [2.45, 2.75) is 11.1 Å². The van der Waals surface area contributed by atoms with E-state index in [9.17, 15) is 8.42 Å². The number of thiophene rings is 1. The van der Waals surface area contributed by atoms with E-state index in [0.29, 0.717) is 21.5 Å². The van der Waals surface area contributed by atoms with E-state index in [1.54, 1.807) is 31.3 Å². The van der Waals surface area contributed by atoms with Gasteiger partial charge < -0.3 is 0 Å². The van der Waals surface area contributed by atoms with Gasteiger partial charge in [-0.25, -0.2) is 17.9 Å². The summed E-state index contributed by atoms with van der Waals surface area (Å²) in [7, 11) is -3.63. The molecule has 0 fully saturated rings. The highest BCUT2D eigenvalue weighted by Gasteiger charge is 2.17. The third kappa shape index (κ3) is 2.49. The molecule has 0 spiro atoms. The van der Waals surface area contributed by atoms with Gasteiger partial charge in [0, 0.05) is 0 Å². The SMILES string of the molecule is Cc1nc2ccc(NS(=O)(=O)c3ccc(Cl)s3)cn2n1. The second-order valence-electron chi connectivity index (χ2n) is 4.04. The summed E-state index contributed by atoms with van der Waals surface area (Å²) in [5.74, 6) is 0.620. The summed E-state index contributed by atoms with van der Waals surface area (Å²) < 4.78 is 28.9. The molecular weight excluding hydrogens is 320 g/mol. The van der Waals surface area contributed by atoms with Crippen LogP contribution in [-0.2, 0) is 10.0 Å². The summed E-state index contributed by atoms with van der Waals surface area (Å²) in [5, 5.41) is 4.13. The highest BCUT2D eigenvalue weighted by molar-refractivity contribution is 7.94. The number of fused-ring (bicyclic) bond motifs is 1. The van der Waals surface area contributed by atoms with Crippen LogP contribution in [0.15, 0.2) is 34.7 Å². The van der Waals surface area contributed by atoms with E-state index in [-0.39, 0.29) is 4.21 Å². The summed E-state index contributed by atoms with van der Waals surface area (Å²) >= 11 is 6.76. The van der Waals surface area contributed by atoms with Gasteiger partial charge in [-0.3, -0.25) is 4.72 Å². The summed E-state index contributed by atoms with van der Waals surface area (Å²) in [6, 6.07) is 6.34. The molecule has 104 valence electrons. The van der Waals surface area contributed by atoms with E-state index in [0.717, 1.165) is 11.3 Å². The minimum atomic E-state index is -3.63. The molecule has 3 rings (SSSR count). The fraction of sp³-hybridized carbons (Fsp3) is 0.0909. The topological polar surface area (TPSA) is 76.4 Å². The van der Waals surface area contributed by atoms with E-state index < -0.39 is 10.0 Å². The number of aromatic nitrogens is 3. The van der Waals surface area contributed by atoms with Gasteiger partial charge in [0.15, 0.2) is 5.65 Å².